The van der Waals surface area contributed by atoms with Gasteiger partial charge in [-0.2, -0.15) is 5.11 Å². The molecule has 0 spiro atoms. The van der Waals surface area contributed by atoms with Crippen molar-refractivity contribution in [2.24, 2.45) is 10.2 Å². The number of Topliss-reactive ketones (excluding diaryl/α,β-unsaturated/α-hetero) is 1. The first kappa shape index (κ1) is 17.4. The number of ketones is 1. The minimum absolute atomic E-state index is 0.0668. The van der Waals surface area contributed by atoms with Crippen LogP contribution in [0.5, 0.6) is 5.75 Å². The number of morpholine rings is 1. The summed E-state index contributed by atoms with van der Waals surface area (Å²) in [6.07, 6.45) is 0. The number of rotatable bonds is 5. The second-order valence-corrected chi connectivity index (χ2v) is 6.55. The number of azo groups is 1. The number of thiophene rings is 1. The van der Waals surface area contributed by atoms with Gasteiger partial charge in [-0.1, -0.05) is 0 Å². The Hall–Kier alpha value is -2.45. The van der Waals surface area contributed by atoms with Gasteiger partial charge in [0, 0.05) is 20.0 Å². The third kappa shape index (κ3) is 3.80. The van der Waals surface area contributed by atoms with Gasteiger partial charge in [-0.3, -0.25) is 4.79 Å². The second kappa shape index (κ2) is 7.62. The maximum absolute atomic E-state index is 11.9. The topological polar surface area (TPSA) is 89.5 Å². The Kier molecular flexibility index (Phi) is 5.30. The molecule has 1 aliphatic heterocycles. The molecule has 1 fully saturated rings. The minimum Gasteiger partial charge on any atom is -0.497 e. The monoisotopic (exact) mass is 360 g/mol. The van der Waals surface area contributed by atoms with E-state index >= 15 is 0 Å². The van der Waals surface area contributed by atoms with Gasteiger partial charge in [0.2, 0.25) is 0 Å². The minimum atomic E-state index is -0.0668. The number of methoxy groups -OCH3 is 1. The fourth-order valence-electron chi connectivity index (χ4n) is 2.52. The molecule has 1 aromatic heterocycles. The van der Waals surface area contributed by atoms with E-state index in [2.05, 4.69) is 15.1 Å². The number of anilines is 2. The molecule has 0 bridgehead atoms. The van der Waals surface area contributed by atoms with Crippen LogP contribution in [0.25, 0.3) is 0 Å². The summed E-state index contributed by atoms with van der Waals surface area (Å²) in [6.45, 7) is 4.27. The summed E-state index contributed by atoms with van der Waals surface area (Å²) in [6, 6.07) is 7.25. The molecule has 1 saturated heterocycles. The Balaban J connectivity index is 1.94. The Labute approximate surface area is 150 Å². The van der Waals surface area contributed by atoms with E-state index in [1.165, 1.54) is 18.3 Å². The van der Waals surface area contributed by atoms with Crippen LogP contribution in [0.2, 0.25) is 0 Å². The zero-order chi connectivity index (χ0) is 17.8. The third-order valence-electron chi connectivity index (χ3n) is 3.86. The standard InChI is InChI=1S/C17H20N4O3S/c1-11(22)16-14(18)15(17(25-16)21-7-9-24-10-8-21)20-19-12-3-5-13(23-2)6-4-12/h3-6H,7-10,18H2,1-2H3. The second-order valence-electron chi connectivity index (χ2n) is 5.55. The quantitative estimate of drug-likeness (QED) is 0.647. The van der Waals surface area contributed by atoms with Gasteiger partial charge < -0.3 is 20.1 Å². The predicted molar refractivity (Wildman–Crippen MR) is 98.9 cm³/mol. The number of nitrogens with two attached hydrogens (primary N) is 1. The molecule has 25 heavy (non-hydrogen) atoms. The molecule has 0 saturated carbocycles. The first-order valence-corrected chi connectivity index (χ1v) is 8.73. The van der Waals surface area contributed by atoms with Crippen molar-refractivity contribution < 1.29 is 14.3 Å². The molecule has 2 aromatic rings. The van der Waals surface area contributed by atoms with Crippen molar-refractivity contribution in [2.45, 2.75) is 6.92 Å². The van der Waals surface area contributed by atoms with Gasteiger partial charge in [-0.05, 0) is 24.3 Å². The Morgan fingerprint density at radius 3 is 2.52 bits per heavy atom. The van der Waals surface area contributed by atoms with Crippen LogP contribution >= 0.6 is 11.3 Å². The van der Waals surface area contributed by atoms with Gasteiger partial charge in [-0.25, -0.2) is 0 Å². The zero-order valence-corrected chi connectivity index (χ0v) is 15.0. The highest BCUT2D eigenvalue weighted by Crippen LogP contribution is 2.46. The highest BCUT2D eigenvalue weighted by Gasteiger charge is 2.24. The fraction of sp³-hybridized carbons (Fsp3) is 0.353. The molecule has 3 rings (SSSR count). The van der Waals surface area contributed by atoms with Crippen LogP contribution in [-0.4, -0.2) is 39.2 Å². The van der Waals surface area contributed by atoms with Gasteiger partial charge in [0.05, 0.1) is 36.6 Å². The molecule has 7 nitrogen and oxygen atoms in total. The van der Waals surface area contributed by atoms with E-state index < -0.39 is 0 Å². The number of hydrogen-bond donors (Lipinski definition) is 1. The van der Waals surface area contributed by atoms with Crippen LogP contribution in [0.4, 0.5) is 22.1 Å². The van der Waals surface area contributed by atoms with Crippen molar-refractivity contribution in [1.82, 2.24) is 0 Å². The summed E-state index contributed by atoms with van der Waals surface area (Å²) in [5.41, 5.74) is 7.80. The Morgan fingerprint density at radius 1 is 1.24 bits per heavy atom. The maximum atomic E-state index is 11.9. The SMILES string of the molecule is COc1ccc(N=Nc2c(N3CCOCC3)sc(C(C)=O)c2N)cc1. The molecule has 1 aliphatic rings. The van der Waals surface area contributed by atoms with Gasteiger partial charge in [-0.15, -0.1) is 16.5 Å². The van der Waals surface area contributed by atoms with Gasteiger partial charge in [0.15, 0.2) is 5.78 Å². The number of nitrogens with zero attached hydrogens (tertiary/aromatic N) is 3. The van der Waals surface area contributed by atoms with Gasteiger partial charge in [0.1, 0.15) is 16.4 Å². The smallest absolute Gasteiger partial charge is 0.171 e. The van der Waals surface area contributed by atoms with Crippen molar-refractivity contribution >= 4 is 39.2 Å². The highest BCUT2D eigenvalue weighted by molar-refractivity contribution is 7.19. The molecule has 132 valence electrons. The van der Waals surface area contributed by atoms with Crippen LogP contribution in [0.1, 0.15) is 16.6 Å². The lowest BCUT2D eigenvalue weighted by Crippen LogP contribution is -2.35. The van der Waals surface area contributed by atoms with Gasteiger partial charge >= 0.3 is 0 Å². The molecule has 2 N–H and O–H groups in total. The lowest BCUT2D eigenvalue weighted by atomic mass is 10.2. The molecule has 0 unspecified atom stereocenters. The average molecular weight is 360 g/mol. The molecule has 0 amide bonds. The van der Waals surface area contributed by atoms with E-state index in [0.717, 1.165) is 23.8 Å². The van der Waals surface area contributed by atoms with Crippen molar-refractivity contribution in [3.8, 4) is 5.75 Å². The van der Waals surface area contributed by atoms with E-state index in [-0.39, 0.29) is 5.78 Å². The molecular weight excluding hydrogens is 340 g/mol. The number of hydrogen-bond acceptors (Lipinski definition) is 8. The molecule has 2 heterocycles. The molecule has 8 heteroatoms. The zero-order valence-electron chi connectivity index (χ0n) is 14.2. The molecule has 0 radical (unpaired) electrons. The summed E-state index contributed by atoms with van der Waals surface area (Å²) in [7, 11) is 1.61. The summed E-state index contributed by atoms with van der Waals surface area (Å²) in [5, 5.41) is 9.48. The van der Waals surface area contributed by atoms with Crippen molar-refractivity contribution in [2.75, 3.05) is 44.0 Å². The van der Waals surface area contributed by atoms with Crippen LogP contribution in [-0.2, 0) is 4.74 Å². The molecule has 0 atom stereocenters. The van der Waals surface area contributed by atoms with E-state index in [4.69, 9.17) is 15.2 Å². The molecule has 0 aliphatic carbocycles. The van der Waals surface area contributed by atoms with Crippen LogP contribution in [0.3, 0.4) is 0 Å². The lowest BCUT2D eigenvalue weighted by Gasteiger charge is -2.27. The molecule has 1 aromatic carbocycles. The van der Waals surface area contributed by atoms with E-state index in [1.54, 1.807) is 7.11 Å². The van der Waals surface area contributed by atoms with Crippen LogP contribution in [0.15, 0.2) is 34.5 Å². The number of ether oxygens (including phenoxy) is 2. The Morgan fingerprint density at radius 2 is 1.92 bits per heavy atom. The number of carbonyl (C=O) groups excluding carboxylic acids is 1. The summed E-state index contributed by atoms with van der Waals surface area (Å²) in [4.78, 5) is 14.5. The number of carbonyl (C=O) groups is 1. The number of nitrogen functional groups attached to an aromatic ring is 1. The van der Waals surface area contributed by atoms with Crippen molar-refractivity contribution in [1.29, 1.82) is 0 Å². The Bertz CT molecular complexity index is 780. The third-order valence-corrected chi connectivity index (χ3v) is 5.21. The van der Waals surface area contributed by atoms with Crippen LogP contribution < -0.4 is 15.4 Å². The first-order valence-electron chi connectivity index (χ1n) is 7.92. The fourth-order valence-corrected chi connectivity index (χ4v) is 3.62. The van der Waals surface area contributed by atoms with Crippen molar-refractivity contribution in [3.63, 3.8) is 0 Å². The highest BCUT2D eigenvalue weighted by atomic mass is 32.1. The summed E-state index contributed by atoms with van der Waals surface area (Å²) in [5.74, 6) is 0.685. The molecular formula is C17H20N4O3S. The van der Waals surface area contributed by atoms with E-state index in [1.807, 2.05) is 24.3 Å². The van der Waals surface area contributed by atoms with Gasteiger partial charge in [0.25, 0.3) is 0 Å². The summed E-state index contributed by atoms with van der Waals surface area (Å²) < 4.78 is 10.5. The number of benzene rings is 1. The summed E-state index contributed by atoms with van der Waals surface area (Å²) >= 11 is 1.36. The van der Waals surface area contributed by atoms with Crippen LogP contribution in [0, 0.1) is 0 Å². The normalized spacial score (nSPS) is 14.9. The van der Waals surface area contributed by atoms with E-state index in [9.17, 15) is 4.79 Å². The lowest BCUT2D eigenvalue weighted by molar-refractivity contribution is 0.102. The van der Waals surface area contributed by atoms with Crippen molar-refractivity contribution in [3.05, 3.63) is 29.1 Å². The average Bonchev–Trinajstić information content (AvgIpc) is 2.98. The van der Waals surface area contributed by atoms with E-state index in [0.29, 0.717) is 35.2 Å². The first-order chi connectivity index (χ1) is 12.1. The largest absolute Gasteiger partial charge is 0.497 e. The predicted octanol–water partition coefficient (Wildman–Crippen LogP) is 3.79. The maximum Gasteiger partial charge on any atom is 0.171 e.